The third kappa shape index (κ3) is 4.66. The molecule has 1 aliphatic heterocycles. The Kier molecular flexibility index (Phi) is 7.46. The van der Waals surface area contributed by atoms with Crippen molar-refractivity contribution in [2.75, 3.05) is 31.5 Å². The number of carbonyl (C=O) groups is 1. The third-order valence-corrected chi connectivity index (χ3v) is 6.83. The lowest BCUT2D eigenvalue weighted by atomic mass is 10.0. The fraction of sp³-hybridized carbons (Fsp3) is 0.350. The van der Waals surface area contributed by atoms with Crippen molar-refractivity contribution in [3.8, 4) is 0 Å². The Hall–Kier alpha value is -2.09. The number of carbonyl (C=O) groups excluding carboxylic acids is 1. The van der Waals surface area contributed by atoms with Gasteiger partial charge in [0.15, 0.2) is 0 Å². The van der Waals surface area contributed by atoms with Crippen molar-refractivity contribution >= 4 is 34.0 Å². The van der Waals surface area contributed by atoms with Gasteiger partial charge in [-0.3, -0.25) is 9.10 Å². The Morgan fingerprint density at radius 2 is 1.71 bits per heavy atom. The zero-order valence-electron chi connectivity index (χ0n) is 16.0. The van der Waals surface area contributed by atoms with Gasteiger partial charge in [0, 0.05) is 31.7 Å². The minimum absolute atomic E-state index is 0. The van der Waals surface area contributed by atoms with Gasteiger partial charge in [0.05, 0.1) is 10.6 Å². The van der Waals surface area contributed by atoms with E-state index in [4.69, 9.17) is 0 Å². The largest absolute Gasteiger partial charge is 0.339 e. The highest BCUT2D eigenvalue weighted by molar-refractivity contribution is 7.92. The molecule has 1 heterocycles. The van der Waals surface area contributed by atoms with Crippen molar-refractivity contribution in [1.82, 2.24) is 10.2 Å². The summed E-state index contributed by atoms with van der Waals surface area (Å²) in [5.74, 6) is -0.121. The number of amides is 1. The fourth-order valence-corrected chi connectivity index (χ4v) is 4.52. The molecule has 1 aliphatic rings. The molecule has 0 saturated carbocycles. The average Bonchev–Trinajstić information content (AvgIpc) is 2.73. The summed E-state index contributed by atoms with van der Waals surface area (Å²) >= 11 is 0. The molecule has 0 atom stereocenters. The minimum atomic E-state index is -3.74. The second-order valence-corrected chi connectivity index (χ2v) is 8.66. The molecule has 6 nitrogen and oxygen atoms in total. The zero-order chi connectivity index (χ0) is 19.4. The minimum Gasteiger partial charge on any atom is -0.339 e. The van der Waals surface area contributed by atoms with Gasteiger partial charge < -0.3 is 10.2 Å². The van der Waals surface area contributed by atoms with Crippen LogP contribution in [-0.4, -0.2) is 52.5 Å². The summed E-state index contributed by atoms with van der Waals surface area (Å²) < 4.78 is 27.1. The Morgan fingerprint density at radius 1 is 1.07 bits per heavy atom. The second-order valence-electron chi connectivity index (χ2n) is 6.69. The van der Waals surface area contributed by atoms with E-state index in [1.807, 2.05) is 13.1 Å². The second kappa shape index (κ2) is 9.41. The van der Waals surface area contributed by atoms with Crippen LogP contribution >= 0.6 is 12.4 Å². The molecule has 8 heteroatoms. The molecule has 2 aromatic rings. The number of hydrogen-bond donors (Lipinski definition) is 1. The number of anilines is 1. The van der Waals surface area contributed by atoms with Crippen LogP contribution in [-0.2, 0) is 10.0 Å². The zero-order valence-corrected chi connectivity index (χ0v) is 17.7. The molecule has 1 fully saturated rings. The highest BCUT2D eigenvalue weighted by atomic mass is 35.5. The molecular weight excluding hydrogens is 398 g/mol. The quantitative estimate of drug-likeness (QED) is 0.802. The molecule has 0 aliphatic carbocycles. The molecule has 2 aromatic carbocycles. The molecule has 152 valence electrons. The third-order valence-electron chi connectivity index (χ3n) is 5.05. The number of halogens is 1. The number of sulfonamides is 1. The van der Waals surface area contributed by atoms with Crippen LogP contribution in [0.5, 0.6) is 0 Å². The van der Waals surface area contributed by atoms with Crippen LogP contribution in [0.15, 0.2) is 59.5 Å². The van der Waals surface area contributed by atoms with Crippen molar-refractivity contribution in [3.05, 3.63) is 60.2 Å². The van der Waals surface area contributed by atoms with Crippen molar-refractivity contribution in [2.24, 2.45) is 0 Å². The lowest BCUT2D eigenvalue weighted by molar-refractivity contribution is 0.0707. The molecule has 0 radical (unpaired) electrons. The first-order valence-electron chi connectivity index (χ1n) is 9.04. The van der Waals surface area contributed by atoms with Crippen LogP contribution in [0, 0.1) is 0 Å². The molecule has 0 spiro atoms. The van der Waals surface area contributed by atoms with E-state index in [0.717, 1.165) is 12.8 Å². The topological polar surface area (TPSA) is 69.7 Å². The number of likely N-dealkylation sites (tertiary alicyclic amines) is 1. The monoisotopic (exact) mass is 423 g/mol. The van der Waals surface area contributed by atoms with Crippen LogP contribution in [0.2, 0.25) is 0 Å². The van der Waals surface area contributed by atoms with E-state index in [1.54, 1.807) is 41.3 Å². The molecule has 0 bridgehead atoms. The highest BCUT2D eigenvalue weighted by Gasteiger charge is 2.25. The van der Waals surface area contributed by atoms with Gasteiger partial charge in [0.1, 0.15) is 0 Å². The van der Waals surface area contributed by atoms with Crippen LogP contribution in [0.1, 0.15) is 23.2 Å². The van der Waals surface area contributed by atoms with Crippen LogP contribution in [0.3, 0.4) is 0 Å². The number of nitrogens with zero attached hydrogens (tertiary/aromatic N) is 2. The van der Waals surface area contributed by atoms with Crippen molar-refractivity contribution in [1.29, 1.82) is 0 Å². The SMILES string of the molecule is CNC1CCN(C(=O)c2cccc(S(=O)(=O)N(C)c3ccccc3)c2)CC1.Cl. The maximum absolute atomic E-state index is 13.0. The lowest BCUT2D eigenvalue weighted by Crippen LogP contribution is -2.44. The molecule has 0 unspecified atom stereocenters. The Morgan fingerprint density at radius 3 is 2.32 bits per heavy atom. The smallest absolute Gasteiger partial charge is 0.264 e. The fourth-order valence-electron chi connectivity index (χ4n) is 3.28. The molecule has 28 heavy (non-hydrogen) atoms. The number of piperidine rings is 1. The van der Waals surface area contributed by atoms with E-state index in [-0.39, 0.29) is 23.2 Å². The molecule has 3 rings (SSSR count). The molecular formula is C20H26ClN3O3S. The van der Waals surface area contributed by atoms with E-state index < -0.39 is 10.0 Å². The van der Waals surface area contributed by atoms with Gasteiger partial charge in [-0.25, -0.2) is 8.42 Å². The summed E-state index contributed by atoms with van der Waals surface area (Å²) in [7, 11) is -0.293. The van der Waals surface area contributed by atoms with E-state index in [1.165, 1.54) is 23.5 Å². The molecule has 1 N–H and O–H groups in total. The standard InChI is InChI=1S/C20H25N3O3S.ClH/c1-21-17-11-13-23(14-12-17)20(24)16-7-6-10-19(15-16)27(25,26)22(2)18-8-4-3-5-9-18;/h3-10,15,17,21H,11-14H2,1-2H3;1H. The van der Waals surface area contributed by atoms with E-state index in [9.17, 15) is 13.2 Å². The first-order valence-corrected chi connectivity index (χ1v) is 10.5. The first kappa shape index (κ1) is 22.2. The van der Waals surface area contributed by atoms with Gasteiger partial charge in [-0.15, -0.1) is 12.4 Å². The van der Waals surface area contributed by atoms with Crippen LogP contribution in [0.25, 0.3) is 0 Å². The average molecular weight is 424 g/mol. The summed E-state index contributed by atoms with van der Waals surface area (Å²) in [6, 6.07) is 15.6. The number of benzene rings is 2. The van der Waals surface area contributed by atoms with Crippen molar-refractivity contribution < 1.29 is 13.2 Å². The summed E-state index contributed by atoms with van der Waals surface area (Å²) in [4.78, 5) is 14.7. The lowest BCUT2D eigenvalue weighted by Gasteiger charge is -2.32. The predicted molar refractivity (Wildman–Crippen MR) is 114 cm³/mol. The summed E-state index contributed by atoms with van der Waals surface area (Å²) in [6.45, 7) is 1.34. The van der Waals surface area contributed by atoms with Gasteiger partial charge in [-0.05, 0) is 50.2 Å². The van der Waals surface area contributed by atoms with E-state index in [2.05, 4.69) is 5.32 Å². The van der Waals surface area contributed by atoms with Crippen LogP contribution in [0.4, 0.5) is 5.69 Å². The Bertz CT molecular complexity index is 898. The normalized spacial score (nSPS) is 15.0. The van der Waals surface area contributed by atoms with Gasteiger partial charge in [-0.2, -0.15) is 0 Å². The van der Waals surface area contributed by atoms with Crippen LogP contribution < -0.4 is 9.62 Å². The van der Waals surface area contributed by atoms with Gasteiger partial charge >= 0.3 is 0 Å². The summed E-state index contributed by atoms with van der Waals surface area (Å²) in [6.07, 6.45) is 1.80. The van der Waals surface area contributed by atoms with E-state index >= 15 is 0 Å². The predicted octanol–water partition coefficient (Wildman–Crippen LogP) is 2.76. The van der Waals surface area contributed by atoms with Gasteiger partial charge in [-0.1, -0.05) is 24.3 Å². The van der Waals surface area contributed by atoms with Gasteiger partial charge in [0.25, 0.3) is 15.9 Å². The summed E-state index contributed by atoms with van der Waals surface area (Å²) in [5, 5.41) is 3.24. The van der Waals surface area contributed by atoms with Crippen molar-refractivity contribution in [2.45, 2.75) is 23.8 Å². The number of nitrogens with one attached hydrogen (secondary N) is 1. The Balaban J connectivity index is 0.00000280. The van der Waals surface area contributed by atoms with Gasteiger partial charge in [0.2, 0.25) is 0 Å². The maximum atomic E-state index is 13.0. The number of para-hydroxylation sites is 1. The number of hydrogen-bond acceptors (Lipinski definition) is 4. The molecule has 0 aromatic heterocycles. The van der Waals surface area contributed by atoms with E-state index in [0.29, 0.717) is 30.4 Å². The number of rotatable bonds is 5. The molecule has 1 saturated heterocycles. The molecule has 1 amide bonds. The first-order chi connectivity index (χ1) is 12.9. The Labute approximate surface area is 173 Å². The van der Waals surface area contributed by atoms with Crippen molar-refractivity contribution in [3.63, 3.8) is 0 Å². The highest BCUT2D eigenvalue weighted by Crippen LogP contribution is 2.23. The summed E-state index contributed by atoms with van der Waals surface area (Å²) in [5.41, 5.74) is 0.976. The maximum Gasteiger partial charge on any atom is 0.264 e.